The van der Waals surface area contributed by atoms with Crippen molar-refractivity contribution in [1.82, 2.24) is 9.78 Å². The van der Waals surface area contributed by atoms with Crippen molar-refractivity contribution in [2.75, 3.05) is 25.3 Å². The molecule has 1 aromatic carbocycles. The number of benzene rings is 1. The van der Waals surface area contributed by atoms with Crippen molar-refractivity contribution in [2.24, 2.45) is 7.05 Å². The second kappa shape index (κ2) is 5.92. The summed E-state index contributed by atoms with van der Waals surface area (Å²) in [4.78, 5) is 11.9. The third-order valence-electron chi connectivity index (χ3n) is 3.60. The molecule has 1 amide bonds. The predicted molar refractivity (Wildman–Crippen MR) is 85.7 cm³/mol. The molecule has 2 aromatic rings. The maximum Gasteiger partial charge on any atom is 0.235 e. The van der Waals surface area contributed by atoms with Crippen LogP contribution < -0.4 is 14.8 Å². The Morgan fingerprint density at radius 3 is 2.82 bits per heavy atom. The first-order valence-electron chi connectivity index (χ1n) is 6.79. The number of carbonyl (C=O) groups is 1. The number of nitrogens with zero attached hydrogens (tertiary/aromatic N) is 2. The quantitative estimate of drug-likeness (QED) is 0.939. The zero-order valence-electron chi connectivity index (χ0n) is 12.6. The van der Waals surface area contributed by atoms with E-state index in [1.165, 1.54) is 0 Å². The second-order valence-corrected chi connectivity index (χ2v) is 6.02. The molecule has 116 valence electrons. The Hall–Kier alpha value is -2.15. The fourth-order valence-corrected chi connectivity index (χ4v) is 3.59. The Kier molecular flexibility index (Phi) is 3.98. The van der Waals surface area contributed by atoms with Gasteiger partial charge in [0.25, 0.3) is 0 Å². The summed E-state index contributed by atoms with van der Waals surface area (Å²) in [5.74, 6) is 2.49. The van der Waals surface area contributed by atoms with Crippen LogP contribution in [0.4, 0.5) is 5.82 Å². The molecule has 7 heteroatoms. The molecule has 0 bridgehead atoms. The van der Waals surface area contributed by atoms with Crippen LogP contribution in [0.3, 0.4) is 0 Å². The van der Waals surface area contributed by atoms with Crippen LogP contribution in [0.15, 0.2) is 24.4 Å². The number of thioether (sulfide) groups is 1. The minimum atomic E-state index is -0.0159. The summed E-state index contributed by atoms with van der Waals surface area (Å²) >= 11 is 1.57. The molecule has 1 aromatic heterocycles. The largest absolute Gasteiger partial charge is 0.493 e. The normalized spacial score (nSPS) is 17.4. The van der Waals surface area contributed by atoms with E-state index in [1.54, 1.807) is 36.9 Å². The fourth-order valence-electron chi connectivity index (χ4n) is 2.51. The highest BCUT2D eigenvalue weighted by molar-refractivity contribution is 8.00. The number of hydrogen-bond acceptors (Lipinski definition) is 5. The third-order valence-corrected chi connectivity index (χ3v) is 4.89. The topological polar surface area (TPSA) is 65.4 Å². The molecule has 22 heavy (non-hydrogen) atoms. The van der Waals surface area contributed by atoms with Crippen molar-refractivity contribution in [3.63, 3.8) is 0 Å². The molecule has 0 unspecified atom stereocenters. The van der Waals surface area contributed by atoms with E-state index in [0.717, 1.165) is 16.9 Å². The molecule has 0 aliphatic carbocycles. The van der Waals surface area contributed by atoms with Gasteiger partial charge < -0.3 is 14.8 Å². The van der Waals surface area contributed by atoms with Crippen LogP contribution in [0.1, 0.15) is 16.4 Å². The zero-order valence-corrected chi connectivity index (χ0v) is 13.4. The van der Waals surface area contributed by atoms with Gasteiger partial charge in [0.1, 0.15) is 5.82 Å². The van der Waals surface area contributed by atoms with E-state index in [0.29, 0.717) is 17.3 Å². The Labute approximate surface area is 132 Å². The van der Waals surface area contributed by atoms with Crippen molar-refractivity contribution in [3.05, 3.63) is 35.5 Å². The van der Waals surface area contributed by atoms with Crippen LogP contribution >= 0.6 is 11.8 Å². The molecule has 0 spiro atoms. The predicted octanol–water partition coefficient (Wildman–Crippen LogP) is 2.21. The number of nitrogens with one attached hydrogen (secondary N) is 1. The van der Waals surface area contributed by atoms with Crippen LogP contribution in [0.2, 0.25) is 0 Å². The molecule has 1 atom stereocenters. The van der Waals surface area contributed by atoms with Gasteiger partial charge in [-0.05, 0) is 17.7 Å². The summed E-state index contributed by atoms with van der Waals surface area (Å²) in [5.41, 5.74) is 2.04. The van der Waals surface area contributed by atoms with Crippen LogP contribution in [0.25, 0.3) is 0 Å². The van der Waals surface area contributed by atoms with E-state index in [2.05, 4.69) is 10.4 Å². The Morgan fingerprint density at radius 1 is 1.32 bits per heavy atom. The first-order chi connectivity index (χ1) is 10.6. The molecule has 2 heterocycles. The Bertz CT molecular complexity index is 714. The van der Waals surface area contributed by atoms with Crippen LogP contribution in [0, 0.1) is 0 Å². The third kappa shape index (κ3) is 2.52. The molecule has 0 radical (unpaired) electrons. The number of rotatable bonds is 3. The van der Waals surface area contributed by atoms with E-state index in [-0.39, 0.29) is 11.2 Å². The number of aryl methyl sites for hydroxylation is 1. The van der Waals surface area contributed by atoms with Gasteiger partial charge in [0.2, 0.25) is 5.91 Å². The van der Waals surface area contributed by atoms with Crippen LogP contribution in [-0.2, 0) is 11.8 Å². The molecular formula is C15H17N3O3S. The summed E-state index contributed by atoms with van der Waals surface area (Å²) in [7, 11) is 5.04. The molecule has 3 rings (SSSR count). The Balaban J connectivity index is 2.06. The van der Waals surface area contributed by atoms with E-state index in [4.69, 9.17) is 9.47 Å². The Morgan fingerprint density at radius 2 is 2.09 bits per heavy atom. The summed E-state index contributed by atoms with van der Waals surface area (Å²) < 4.78 is 12.3. The minimum absolute atomic E-state index is 0.0159. The maximum atomic E-state index is 11.9. The summed E-state index contributed by atoms with van der Waals surface area (Å²) in [5, 5.41) is 7.18. The lowest BCUT2D eigenvalue weighted by Gasteiger charge is -2.16. The average Bonchev–Trinajstić information content (AvgIpc) is 2.79. The standard InChI is InChI=1S/C15H17N3O3S/c1-18-15-10(7-16-18)14(22-8-13(19)17-15)9-4-5-11(20-2)12(6-9)21-3/h4-7,14H,8H2,1-3H3,(H,17,19)/t14-/m1/s1. The van der Waals surface area contributed by atoms with E-state index in [1.807, 2.05) is 25.2 Å². The van der Waals surface area contributed by atoms with Gasteiger partial charge in [0, 0.05) is 12.6 Å². The van der Waals surface area contributed by atoms with Gasteiger partial charge in [-0.25, -0.2) is 0 Å². The van der Waals surface area contributed by atoms with Gasteiger partial charge in [0.05, 0.1) is 31.4 Å². The minimum Gasteiger partial charge on any atom is -0.493 e. The smallest absolute Gasteiger partial charge is 0.235 e. The van der Waals surface area contributed by atoms with E-state index in [9.17, 15) is 4.79 Å². The number of anilines is 1. The summed E-state index contributed by atoms with van der Waals surface area (Å²) in [6, 6.07) is 5.82. The summed E-state index contributed by atoms with van der Waals surface area (Å²) in [6.07, 6.45) is 1.80. The SMILES string of the molecule is COc1ccc([C@H]2SCC(=O)Nc3c2cnn3C)cc1OC. The number of carbonyl (C=O) groups excluding carboxylic acids is 1. The number of fused-ring (bicyclic) bond motifs is 1. The van der Waals surface area contributed by atoms with Gasteiger partial charge in [-0.3, -0.25) is 9.48 Å². The monoisotopic (exact) mass is 319 g/mol. The number of aromatic nitrogens is 2. The van der Waals surface area contributed by atoms with Crippen molar-refractivity contribution in [3.8, 4) is 11.5 Å². The van der Waals surface area contributed by atoms with Crippen molar-refractivity contribution >= 4 is 23.5 Å². The van der Waals surface area contributed by atoms with Crippen LogP contribution in [-0.4, -0.2) is 35.7 Å². The molecule has 0 saturated heterocycles. The van der Waals surface area contributed by atoms with Gasteiger partial charge in [-0.15, -0.1) is 11.8 Å². The van der Waals surface area contributed by atoms with E-state index >= 15 is 0 Å². The maximum absolute atomic E-state index is 11.9. The van der Waals surface area contributed by atoms with E-state index < -0.39 is 0 Å². The first kappa shape index (κ1) is 14.8. The molecule has 1 aliphatic heterocycles. The number of ether oxygens (including phenoxy) is 2. The average molecular weight is 319 g/mol. The number of amides is 1. The molecule has 0 fully saturated rings. The number of methoxy groups -OCH3 is 2. The van der Waals surface area contributed by atoms with Gasteiger partial charge >= 0.3 is 0 Å². The zero-order chi connectivity index (χ0) is 15.7. The highest BCUT2D eigenvalue weighted by Gasteiger charge is 2.27. The van der Waals surface area contributed by atoms with Gasteiger partial charge in [0.15, 0.2) is 11.5 Å². The first-order valence-corrected chi connectivity index (χ1v) is 7.84. The molecule has 0 saturated carbocycles. The van der Waals surface area contributed by atoms with Crippen molar-refractivity contribution < 1.29 is 14.3 Å². The lowest BCUT2D eigenvalue weighted by Crippen LogP contribution is -2.15. The van der Waals surface area contributed by atoms with Gasteiger partial charge in [-0.1, -0.05) is 6.07 Å². The van der Waals surface area contributed by atoms with Gasteiger partial charge in [-0.2, -0.15) is 5.10 Å². The fraction of sp³-hybridized carbons (Fsp3) is 0.333. The molecule has 1 N–H and O–H groups in total. The number of hydrogen-bond donors (Lipinski definition) is 1. The highest BCUT2D eigenvalue weighted by Crippen LogP contribution is 2.43. The molecule has 1 aliphatic rings. The lowest BCUT2D eigenvalue weighted by molar-refractivity contribution is -0.113. The molecular weight excluding hydrogens is 302 g/mol. The molecule has 6 nitrogen and oxygen atoms in total. The van der Waals surface area contributed by atoms with Crippen molar-refractivity contribution in [2.45, 2.75) is 5.25 Å². The summed E-state index contributed by atoms with van der Waals surface area (Å²) in [6.45, 7) is 0. The van der Waals surface area contributed by atoms with Crippen LogP contribution in [0.5, 0.6) is 11.5 Å². The second-order valence-electron chi connectivity index (χ2n) is 4.93. The van der Waals surface area contributed by atoms with Crippen molar-refractivity contribution in [1.29, 1.82) is 0 Å². The lowest BCUT2D eigenvalue weighted by atomic mass is 10.1. The highest BCUT2D eigenvalue weighted by atomic mass is 32.2.